The van der Waals surface area contributed by atoms with Crippen molar-refractivity contribution in [3.05, 3.63) is 71.8 Å². The van der Waals surface area contributed by atoms with Crippen LogP contribution in [-0.2, 0) is 50.9 Å². The lowest BCUT2D eigenvalue weighted by molar-refractivity contribution is -0.137. The van der Waals surface area contributed by atoms with Gasteiger partial charge in [-0.05, 0) is 113 Å². The van der Waals surface area contributed by atoms with E-state index in [2.05, 4.69) is 21.3 Å². The van der Waals surface area contributed by atoms with Gasteiger partial charge in [0.15, 0.2) is 0 Å². The van der Waals surface area contributed by atoms with Crippen molar-refractivity contribution < 1.29 is 43.1 Å². The number of nitrogens with two attached hydrogens (primary N) is 4. The minimum atomic E-state index is -1.65. The van der Waals surface area contributed by atoms with E-state index in [-0.39, 0.29) is 49.1 Å². The highest BCUT2D eigenvalue weighted by Crippen LogP contribution is 2.21. The number of unbranched alkanes of at least 4 members (excludes halogenated alkanes) is 2. The second kappa shape index (κ2) is 31.7. The van der Waals surface area contributed by atoms with Crippen LogP contribution in [0.4, 0.5) is 0 Å². The first-order valence-electron chi connectivity index (χ1n) is 25.2. The number of carbonyl (C=O) groups is 6. The quantitative estimate of drug-likeness (QED) is 0.0391. The number of nitrogens with zero attached hydrogens (tertiary/aromatic N) is 2. The Morgan fingerprint density at radius 1 is 0.592 bits per heavy atom. The van der Waals surface area contributed by atoms with Gasteiger partial charge in [-0.15, -0.1) is 12.4 Å². The van der Waals surface area contributed by atoms with Crippen LogP contribution in [0.15, 0.2) is 60.7 Å². The molecule has 0 spiro atoms. The van der Waals surface area contributed by atoms with Crippen molar-refractivity contribution in [2.75, 3.05) is 39.3 Å². The third-order valence-corrected chi connectivity index (χ3v) is 12.6. The summed E-state index contributed by atoms with van der Waals surface area (Å²) in [7, 11) is -1.65. The first kappa shape index (κ1) is 60.6. The predicted molar refractivity (Wildman–Crippen MR) is 276 cm³/mol. The van der Waals surface area contributed by atoms with E-state index < -0.39 is 79.4 Å². The molecular weight excluding hydrogens is 931 g/mol. The van der Waals surface area contributed by atoms with Crippen molar-refractivity contribution in [2.24, 2.45) is 34.8 Å². The molecule has 0 aromatic heterocycles. The van der Waals surface area contributed by atoms with E-state index in [9.17, 15) is 33.8 Å². The smallest absolute Gasteiger partial charge is 0.402 e. The van der Waals surface area contributed by atoms with Crippen molar-refractivity contribution in [1.82, 2.24) is 31.1 Å². The molecule has 6 unspecified atom stereocenters. The minimum Gasteiger partial charge on any atom is -0.402 e. The second-order valence-electron chi connectivity index (χ2n) is 19.6. The normalized spacial score (nSPS) is 18.2. The van der Waals surface area contributed by atoms with Crippen LogP contribution in [0.3, 0.4) is 0 Å². The van der Waals surface area contributed by atoms with Crippen molar-refractivity contribution in [3.8, 4) is 0 Å². The molecule has 2 aliphatic heterocycles. The molecule has 8 atom stereocenters. The zero-order valence-electron chi connectivity index (χ0n) is 42.2. The van der Waals surface area contributed by atoms with Gasteiger partial charge in [-0.1, -0.05) is 88.4 Å². The Hall–Kier alpha value is -4.67. The summed E-state index contributed by atoms with van der Waals surface area (Å²) in [5.74, 6) is -2.43. The zero-order valence-corrected chi connectivity index (χ0v) is 43.0. The first-order chi connectivity index (χ1) is 33.5. The highest BCUT2D eigenvalue weighted by Gasteiger charge is 2.39. The Morgan fingerprint density at radius 3 is 1.28 bits per heavy atom. The Morgan fingerprint density at radius 2 is 0.944 bits per heavy atom. The summed E-state index contributed by atoms with van der Waals surface area (Å²) in [6.07, 6.45) is 4.04. The second-order valence-corrected chi connectivity index (χ2v) is 19.6. The molecule has 13 N–H and O–H groups in total. The van der Waals surface area contributed by atoms with Gasteiger partial charge in [0.2, 0.25) is 35.4 Å². The number of amides is 6. The lowest BCUT2D eigenvalue weighted by Crippen LogP contribution is -2.56. The van der Waals surface area contributed by atoms with E-state index >= 15 is 0 Å². The molecule has 71 heavy (non-hydrogen) atoms. The lowest BCUT2D eigenvalue weighted by Gasteiger charge is -2.28. The molecule has 2 saturated heterocycles. The van der Waals surface area contributed by atoms with Crippen LogP contribution in [0, 0.1) is 11.8 Å². The third-order valence-electron chi connectivity index (χ3n) is 12.6. The van der Waals surface area contributed by atoms with Crippen molar-refractivity contribution in [3.63, 3.8) is 0 Å². The van der Waals surface area contributed by atoms with E-state index in [1.165, 1.54) is 0 Å². The fourth-order valence-corrected chi connectivity index (χ4v) is 8.81. The average Bonchev–Trinajstić information content (AvgIpc) is 4.00. The molecule has 2 fully saturated rings. The van der Waals surface area contributed by atoms with Crippen molar-refractivity contribution in [2.45, 2.75) is 153 Å². The van der Waals surface area contributed by atoms with Crippen LogP contribution in [0.2, 0.25) is 0 Å². The fraction of sp³-hybridized carbons (Fsp3) is 0.640. The van der Waals surface area contributed by atoms with Crippen LogP contribution in [0.25, 0.3) is 0 Å². The number of rotatable bonds is 30. The number of likely N-dealkylation sites (tertiary alicyclic amines) is 2. The molecule has 2 heterocycles. The summed E-state index contributed by atoms with van der Waals surface area (Å²) in [4.78, 5) is 85.2. The zero-order chi connectivity index (χ0) is 51.2. The van der Waals surface area contributed by atoms with Gasteiger partial charge in [0.05, 0.1) is 24.3 Å². The maximum Gasteiger partial charge on any atom is 0.637 e. The Labute approximate surface area is 426 Å². The molecule has 6 amide bonds. The summed E-state index contributed by atoms with van der Waals surface area (Å²) >= 11 is 0. The number of halogens is 1. The fourth-order valence-electron chi connectivity index (χ4n) is 8.81. The highest BCUT2D eigenvalue weighted by molar-refractivity contribution is 6.34. The maximum atomic E-state index is 14.0. The lowest BCUT2D eigenvalue weighted by atomic mass is 10.0. The molecular formula is C50H82BClN10O9. The minimum absolute atomic E-state index is 0. The van der Waals surface area contributed by atoms with Gasteiger partial charge in [-0.3, -0.25) is 28.8 Å². The summed E-state index contributed by atoms with van der Waals surface area (Å²) in [5, 5.41) is 22.4. The third kappa shape index (κ3) is 21.1. The van der Waals surface area contributed by atoms with Crippen LogP contribution in [0.1, 0.15) is 103 Å². The summed E-state index contributed by atoms with van der Waals surface area (Å²) in [5.41, 5.74) is 25.8. The van der Waals surface area contributed by atoms with E-state index in [1.54, 1.807) is 9.80 Å². The van der Waals surface area contributed by atoms with Crippen LogP contribution in [-0.4, -0.2) is 145 Å². The number of hydrogen-bond donors (Lipinski definition) is 9. The van der Waals surface area contributed by atoms with Gasteiger partial charge in [0.1, 0.15) is 24.2 Å². The SMILES string of the molecule is CC(C)CC(NC(=O)C(N)Cc1ccccc1)C(=O)NC(CCCCN)C(=O)N1CC[C@H](OB(O)O[C@H]2CCN(C(=O)C(CCCCN)NC(=O)C(CC(C)C)NC(=O)C(N)Cc3ccccc3)C2)C1.Cl. The summed E-state index contributed by atoms with van der Waals surface area (Å²) in [6.45, 7) is 9.49. The molecule has 2 aromatic rings. The van der Waals surface area contributed by atoms with E-state index in [0.29, 0.717) is 103 Å². The van der Waals surface area contributed by atoms with Gasteiger partial charge < -0.3 is 68.3 Å². The molecule has 0 saturated carbocycles. The standard InChI is InChI=1S/C50H81BN10O9.ClH/c1-33(2)27-43(58-45(62)39(54)29-35-15-7-5-8-16-35)47(64)56-41(19-11-13-23-52)49(66)60-25-21-37(31-60)69-51(68)70-38-22-26-61(32-38)50(67)42(20-12-14-24-53)57-48(65)44(28-34(3)4)59-46(63)40(55)30-36-17-9-6-10-18-36;/h5-10,15-18,33-34,37-44,68H,11-14,19-32,52-55H2,1-4H3,(H,56,64)(H,57,65)(H,58,62)(H,59,63);1H/t37-,38-,39?,40?,41?,42?,43?,44?;/m0./s1. The molecule has 0 bridgehead atoms. The van der Waals surface area contributed by atoms with Gasteiger partial charge in [0, 0.05) is 26.2 Å². The van der Waals surface area contributed by atoms with E-state index in [4.69, 9.17) is 32.2 Å². The van der Waals surface area contributed by atoms with E-state index in [1.807, 2.05) is 88.4 Å². The summed E-state index contributed by atoms with van der Waals surface area (Å²) < 4.78 is 11.7. The number of carbonyl (C=O) groups excluding carboxylic acids is 6. The molecule has 0 aliphatic carbocycles. The Bertz CT molecular complexity index is 1810. The number of nitrogens with one attached hydrogen (secondary N) is 4. The van der Waals surface area contributed by atoms with Gasteiger partial charge >= 0.3 is 7.32 Å². The van der Waals surface area contributed by atoms with Gasteiger partial charge in [-0.2, -0.15) is 0 Å². The number of hydrogen-bond acceptors (Lipinski definition) is 13. The van der Waals surface area contributed by atoms with Crippen molar-refractivity contribution in [1.29, 1.82) is 0 Å². The first-order valence-corrected chi connectivity index (χ1v) is 25.2. The van der Waals surface area contributed by atoms with E-state index in [0.717, 1.165) is 11.1 Å². The molecule has 2 aliphatic rings. The van der Waals surface area contributed by atoms with Crippen molar-refractivity contribution >= 4 is 55.2 Å². The summed E-state index contributed by atoms with van der Waals surface area (Å²) in [6, 6.07) is 13.4. The maximum absolute atomic E-state index is 14.0. The molecule has 0 radical (unpaired) electrons. The molecule has 4 rings (SSSR count). The van der Waals surface area contributed by atoms with Gasteiger partial charge in [-0.25, -0.2) is 0 Å². The molecule has 19 nitrogen and oxygen atoms in total. The molecule has 21 heteroatoms. The monoisotopic (exact) mass is 1010 g/mol. The van der Waals surface area contributed by atoms with Gasteiger partial charge in [0.25, 0.3) is 0 Å². The van der Waals surface area contributed by atoms with Crippen LogP contribution >= 0.6 is 12.4 Å². The largest absolute Gasteiger partial charge is 0.637 e. The topological polar surface area (TPSA) is 300 Å². The predicted octanol–water partition coefficient (Wildman–Crippen LogP) is 1.05. The Balaban J connectivity index is 0.0000133. The molecule has 396 valence electrons. The average molecular weight is 1010 g/mol. The van der Waals surface area contributed by atoms with Crippen LogP contribution < -0.4 is 44.2 Å². The highest BCUT2D eigenvalue weighted by atomic mass is 35.5. The molecule has 2 aromatic carbocycles. The number of benzene rings is 2. The van der Waals surface area contributed by atoms with Crippen LogP contribution in [0.5, 0.6) is 0 Å². The Kier molecular flexibility index (Phi) is 27.1.